The van der Waals surface area contributed by atoms with Gasteiger partial charge < -0.3 is 11.1 Å². The third-order valence-corrected chi connectivity index (χ3v) is 5.38. The van der Waals surface area contributed by atoms with Crippen LogP contribution >= 0.6 is 0 Å². The number of pyridine rings is 1. The molecule has 3 aromatic heterocycles. The van der Waals surface area contributed by atoms with Gasteiger partial charge in [0, 0.05) is 35.1 Å². The van der Waals surface area contributed by atoms with Crippen LogP contribution in [-0.2, 0) is 0 Å². The van der Waals surface area contributed by atoms with Crippen LogP contribution in [-0.4, -0.2) is 30.8 Å². The van der Waals surface area contributed by atoms with Crippen molar-refractivity contribution in [1.82, 2.24) is 30.2 Å². The number of amides is 1. The monoisotopic (exact) mass is 447 g/mol. The predicted molar refractivity (Wildman–Crippen MR) is 131 cm³/mol. The van der Waals surface area contributed by atoms with Crippen molar-refractivity contribution in [3.63, 3.8) is 0 Å². The Bertz CT molecular complexity index is 1470. The number of carbonyl (C=O) groups excluding carboxylic acids is 1. The van der Waals surface area contributed by atoms with Gasteiger partial charge in [-0.1, -0.05) is 42.5 Å². The zero-order valence-corrected chi connectivity index (χ0v) is 18.4. The summed E-state index contributed by atoms with van der Waals surface area (Å²) in [5, 5.41) is 3.82. The van der Waals surface area contributed by atoms with Gasteiger partial charge in [-0.05, 0) is 31.2 Å². The Morgan fingerprint density at radius 3 is 2.35 bits per heavy atom. The van der Waals surface area contributed by atoms with Gasteiger partial charge in [0.15, 0.2) is 11.5 Å². The molecule has 8 heteroatoms. The topological polar surface area (TPSA) is 120 Å². The van der Waals surface area contributed by atoms with E-state index >= 15 is 0 Å². The van der Waals surface area contributed by atoms with Gasteiger partial charge >= 0.3 is 0 Å². The number of nitrogens with zero attached hydrogens (tertiary/aromatic N) is 5. The van der Waals surface area contributed by atoms with E-state index in [1.807, 2.05) is 60.7 Å². The number of fused-ring (bicyclic) bond motifs is 1. The van der Waals surface area contributed by atoms with Gasteiger partial charge in [0.25, 0.3) is 5.91 Å². The minimum atomic E-state index is -0.451. The zero-order valence-electron chi connectivity index (χ0n) is 18.4. The van der Waals surface area contributed by atoms with Crippen molar-refractivity contribution in [3.8, 4) is 22.5 Å². The van der Waals surface area contributed by atoms with Crippen LogP contribution in [0.15, 0.2) is 85.3 Å². The van der Waals surface area contributed by atoms with E-state index in [0.29, 0.717) is 17.2 Å². The molecular formula is C26H21N7O. The van der Waals surface area contributed by atoms with Crippen LogP contribution in [0.25, 0.3) is 33.4 Å². The van der Waals surface area contributed by atoms with Crippen molar-refractivity contribution < 1.29 is 4.79 Å². The van der Waals surface area contributed by atoms with Gasteiger partial charge in [0.2, 0.25) is 0 Å². The first kappa shape index (κ1) is 21.1. The average Bonchev–Trinajstić information content (AvgIpc) is 2.89. The molecule has 0 fully saturated rings. The van der Waals surface area contributed by atoms with Crippen molar-refractivity contribution in [2.75, 3.05) is 5.73 Å². The van der Waals surface area contributed by atoms with Crippen LogP contribution in [0.2, 0.25) is 0 Å². The summed E-state index contributed by atoms with van der Waals surface area (Å²) in [5.74, 6) is 0.0857. The number of nitrogens with one attached hydrogen (secondary N) is 1. The molecule has 0 aliphatic carbocycles. The van der Waals surface area contributed by atoms with Crippen LogP contribution < -0.4 is 11.1 Å². The Morgan fingerprint density at radius 2 is 1.56 bits per heavy atom. The van der Waals surface area contributed by atoms with Gasteiger partial charge in [0.05, 0.1) is 22.9 Å². The number of anilines is 1. The summed E-state index contributed by atoms with van der Waals surface area (Å²) >= 11 is 0. The SMILES string of the molecule is C[C@H](NC(=O)c1nc(-c2ccc3ncccc3c2)c(-c2ccccc2)nc1N)c1ncccn1. The number of benzene rings is 2. The molecule has 1 atom stereocenters. The van der Waals surface area contributed by atoms with E-state index in [1.54, 1.807) is 31.6 Å². The molecule has 5 rings (SSSR count). The van der Waals surface area contributed by atoms with Crippen LogP contribution in [0.4, 0.5) is 5.82 Å². The summed E-state index contributed by atoms with van der Waals surface area (Å²) in [6.07, 6.45) is 5.00. The number of nitrogens with two attached hydrogens (primary N) is 1. The summed E-state index contributed by atoms with van der Waals surface area (Å²) < 4.78 is 0. The second-order valence-corrected chi connectivity index (χ2v) is 7.73. The molecule has 0 radical (unpaired) electrons. The fraction of sp³-hybridized carbons (Fsp3) is 0.0769. The third-order valence-electron chi connectivity index (χ3n) is 5.38. The molecule has 34 heavy (non-hydrogen) atoms. The molecule has 0 unspecified atom stereocenters. The quantitative estimate of drug-likeness (QED) is 0.414. The standard InChI is InChI=1S/C26H21N7O/c1-16(25-29-13-6-14-30-25)31-26(34)23-24(27)33-21(17-7-3-2-4-8-17)22(32-23)19-10-11-20-18(15-19)9-5-12-28-20/h2-16H,1H3,(H2,27,33)(H,31,34)/t16-/m0/s1. The first-order chi connectivity index (χ1) is 16.6. The molecule has 0 aliphatic heterocycles. The highest BCUT2D eigenvalue weighted by atomic mass is 16.2. The first-order valence-corrected chi connectivity index (χ1v) is 10.8. The molecule has 0 bridgehead atoms. The molecule has 8 nitrogen and oxygen atoms in total. The van der Waals surface area contributed by atoms with Gasteiger partial charge in [-0.25, -0.2) is 19.9 Å². The minimum Gasteiger partial charge on any atom is -0.382 e. The smallest absolute Gasteiger partial charge is 0.274 e. The Hall–Kier alpha value is -4.72. The molecule has 166 valence electrons. The summed E-state index contributed by atoms with van der Waals surface area (Å²) in [5.41, 5.74) is 9.95. The number of hydrogen-bond acceptors (Lipinski definition) is 7. The molecule has 3 N–H and O–H groups in total. The highest BCUT2D eigenvalue weighted by molar-refractivity contribution is 5.98. The summed E-state index contributed by atoms with van der Waals surface area (Å²) in [6, 6.07) is 20.6. The lowest BCUT2D eigenvalue weighted by molar-refractivity contribution is 0.0934. The fourth-order valence-corrected chi connectivity index (χ4v) is 3.70. The van der Waals surface area contributed by atoms with Crippen LogP contribution in [0.3, 0.4) is 0 Å². The summed E-state index contributed by atoms with van der Waals surface area (Å²) in [6.45, 7) is 1.80. The van der Waals surface area contributed by atoms with Crippen molar-refractivity contribution in [2.45, 2.75) is 13.0 Å². The average molecular weight is 448 g/mol. The van der Waals surface area contributed by atoms with Gasteiger partial charge in [0.1, 0.15) is 5.82 Å². The number of aromatic nitrogens is 5. The van der Waals surface area contributed by atoms with Gasteiger partial charge in [-0.15, -0.1) is 0 Å². The zero-order chi connectivity index (χ0) is 23.5. The minimum absolute atomic E-state index is 0.0451. The number of carbonyl (C=O) groups is 1. The fourth-order valence-electron chi connectivity index (χ4n) is 3.70. The Balaban J connectivity index is 1.60. The lowest BCUT2D eigenvalue weighted by Crippen LogP contribution is -2.29. The molecule has 0 spiro atoms. The van der Waals surface area contributed by atoms with E-state index in [-0.39, 0.29) is 11.5 Å². The molecule has 0 saturated heterocycles. The largest absolute Gasteiger partial charge is 0.382 e. The maximum atomic E-state index is 13.1. The Kier molecular flexibility index (Phi) is 5.61. The maximum Gasteiger partial charge on any atom is 0.274 e. The van der Waals surface area contributed by atoms with E-state index in [4.69, 9.17) is 10.7 Å². The molecule has 0 saturated carbocycles. The van der Waals surface area contributed by atoms with Crippen molar-refractivity contribution in [3.05, 3.63) is 96.8 Å². The normalized spacial score (nSPS) is 11.8. The number of nitrogen functional groups attached to an aromatic ring is 1. The number of rotatable bonds is 5. The maximum absolute atomic E-state index is 13.1. The van der Waals surface area contributed by atoms with Gasteiger partial charge in [-0.3, -0.25) is 9.78 Å². The second kappa shape index (κ2) is 9.03. The van der Waals surface area contributed by atoms with E-state index in [2.05, 4.69) is 25.3 Å². The van der Waals surface area contributed by atoms with Crippen LogP contribution in [0, 0.1) is 0 Å². The molecule has 5 aromatic rings. The lowest BCUT2D eigenvalue weighted by atomic mass is 10.0. The van der Waals surface area contributed by atoms with Crippen molar-refractivity contribution >= 4 is 22.6 Å². The third kappa shape index (κ3) is 4.16. The summed E-state index contributed by atoms with van der Waals surface area (Å²) in [4.78, 5) is 35.2. The van der Waals surface area contributed by atoms with Crippen molar-refractivity contribution in [1.29, 1.82) is 0 Å². The van der Waals surface area contributed by atoms with E-state index in [9.17, 15) is 4.79 Å². The van der Waals surface area contributed by atoms with E-state index < -0.39 is 11.9 Å². The molecule has 2 aromatic carbocycles. The number of hydrogen-bond donors (Lipinski definition) is 2. The first-order valence-electron chi connectivity index (χ1n) is 10.8. The molecular weight excluding hydrogens is 426 g/mol. The highest BCUT2D eigenvalue weighted by Crippen LogP contribution is 2.32. The lowest BCUT2D eigenvalue weighted by Gasteiger charge is -2.15. The predicted octanol–water partition coefficient (Wildman–Crippen LogP) is 4.22. The van der Waals surface area contributed by atoms with Crippen LogP contribution in [0.5, 0.6) is 0 Å². The Morgan fingerprint density at radius 1 is 0.824 bits per heavy atom. The molecule has 3 heterocycles. The molecule has 1 amide bonds. The highest BCUT2D eigenvalue weighted by Gasteiger charge is 2.22. The summed E-state index contributed by atoms with van der Waals surface area (Å²) in [7, 11) is 0. The van der Waals surface area contributed by atoms with E-state index in [0.717, 1.165) is 22.0 Å². The van der Waals surface area contributed by atoms with Gasteiger partial charge in [-0.2, -0.15) is 0 Å². The van der Waals surface area contributed by atoms with Crippen molar-refractivity contribution in [2.24, 2.45) is 0 Å². The van der Waals surface area contributed by atoms with E-state index in [1.165, 1.54) is 0 Å². The Labute approximate surface area is 196 Å². The second-order valence-electron chi connectivity index (χ2n) is 7.73. The van der Waals surface area contributed by atoms with Crippen LogP contribution in [0.1, 0.15) is 29.3 Å². The molecule has 0 aliphatic rings.